The third-order valence-electron chi connectivity index (χ3n) is 3.84. The molecule has 1 aromatic heterocycles. The Morgan fingerprint density at radius 3 is 2.62 bits per heavy atom. The molecule has 0 spiro atoms. The van der Waals surface area contributed by atoms with Gasteiger partial charge in [-0.1, -0.05) is 30.3 Å². The molecule has 26 heavy (non-hydrogen) atoms. The molecule has 1 unspecified atom stereocenters. The largest absolute Gasteiger partial charge is 0.435 e. The molecule has 2 aromatic carbocycles. The van der Waals surface area contributed by atoms with Gasteiger partial charge in [0.2, 0.25) is 0 Å². The minimum atomic E-state index is -2.92. The molecule has 0 aliphatic carbocycles. The monoisotopic (exact) mass is 359 g/mol. The Hall–Kier alpha value is -3.29. The fourth-order valence-electron chi connectivity index (χ4n) is 2.60. The zero-order chi connectivity index (χ0) is 18.7. The zero-order valence-corrected chi connectivity index (χ0v) is 13.7. The molecule has 0 aliphatic heterocycles. The van der Waals surface area contributed by atoms with Gasteiger partial charge in [0.05, 0.1) is 11.4 Å². The second-order valence-corrected chi connectivity index (χ2v) is 5.59. The van der Waals surface area contributed by atoms with Crippen LogP contribution in [0.4, 0.5) is 8.78 Å². The first-order chi connectivity index (χ1) is 12.5. The second kappa shape index (κ2) is 7.30. The molecule has 1 atom stereocenters. The van der Waals surface area contributed by atoms with Crippen molar-refractivity contribution in [3.63, 3.8) is 0 Å². The van der Waals surface area contributed by atoms with Crippen molar-refractivity contribution in [3.8, 4) is 5.75 Å². The molecule has 6 nitrogen and oxygen atoms in total. The zero-order valence-electron chi connectivity index (χ0n) is 13.7. The summed E-state index contributed by atoms with van der Waals surface area (Å²) in [5, 5.41) is 9.65. The molecule has 0 saturated carbocycles. The van der Waals surface area contributed by atoms with Gasteiger partial charge in [-0.3, -0.25) is 9.59 Å². The van der Waals surface area contributed by atoms with E-state index in [9.17, 15) is 18.4 Å². The minimum absolute atomic E-state index is 0.00575. The lowest BCUT2D eigenvalue weighted by atomic mass is 10.1. The summed E-state index contributed by atoms with van der Waals surface area (Å²) in [4.78, 5) is 24.4. The van der Waals surface area contributed by atoms with Gasteiger partial charge in [-0.05, 0) is 30.7 Å². The summed E-state index contributed by atoms with van der Waals surface area (Å²) in [6.45, 7) is -1.22. The van der Waals surface area contributed by atoms with E-state index in [2.05, 4.69) is 20.3 Å². The lowest BCUT2D eigenvalue weighted by molar-refractivity contribution is -0.0499. The van der Waals surface area contributed by atoms with Crippen LogP contribution in [0.25, 0.3) is 10.8 Å². The predicted molar refractivity (Wildman–Crippen MR) is 91.3 cm³/mol. The molecule has 2 N–H and O–H groups in total. The maximum atomic E-state index is 12.6. The van der Waals surface area contributed by atoms with Gasteiger partial charge in [0.15, 0.2) is 5.69 Å². The van der Waals surface area contributed by atoms with Gasteiger partial charge in [-0.2, -0.15) is 13.9 Å². The van der Waals surface area contributed by atoms with E-state index in [1.54, 1.807) is 43.3 Å². The number of amides is 1. The smallest absolute Gasteiger partial charge is 0.387 e. The van der Waals surface area contributed by atoms with E-state index in [4.69, 9.17) is 0 Å². The van der Waals surface area contributed by atoms with Crippen molar-refractivity contribution in [2.45, 2.75) is 19.6 Å². The number of alkyl halides is 2. The highest BCUT2D eigenvalue weighted by Gasteiger charge is 2.17. The number of nitrogens with one attached hydrogen (secondary N) is 2. The molecule has 0 aliphatic rings. The van der Waals surface area contributed by atoms with E-state index >= 15 is 0 Å². The Bertz CT molecular complexity index is 1000. The average molecular weight is 359 g/mol. The second-order valence-electron chi connectivity index (χ2n) is 5.59. The van der Waals surface area contributed by atoms with Crippen molar-refractivity contribution in [1.82, 2.24) is 15.5 Å². The molecule has 0 saturated heterocycles. The first kappa shape index (κ1) is 17.5. The number of aromatic nitrogens is 2. The fraction of sp³-hybridized carbons (Fsp3) is 0.167. The van der Waals surface area contributed by atoms with Crippen molar-refractivity contribution < 1.29 is 18.3 Å². The van der Waals surface area contributed by atoms with Gasteiger partial charge in [-0.25, -0.2) is 5.10 Å². The highest BCUT2D eigenvalue weighted by Crippen LogP contribution is 2.21. The van der Waals surface area contributed by atoms with Gasteiger partial charge < -0.3 is 10.1 Å². The lowest BCUT2D eigenvalue weighted by Gasteiger charge is -2.15. The van der Waals surface area contributed by atoms with Crippen LogP contribution in [0.2, 0.25) is 0 Å². The summed E-state index contributed by atoms with van der Waals surface area (Å²) in [6, 6.07) is 12.2. The number of hydrogen-bond donors (Lipinski definition) is 2. The number of ether oxygens (including phenoxy) is 1. The van der Waals surface area contributed by atoms with E-state index in [0.29, 0.717) is 16.3 Å². The maximum absolute atomic E-state index is 12.6. The standard InChI is InChI=1S/C18H15F2N3O3/c1-10(11-5-4-6-12(9-11)26-18(19)20)21-17(25)15-13-7-2-3-8-14(13)16(24)23-22-15/h2-10,18H,1H3,(H,21,25)(H,23,24). The molecule has 8 heteroatoms. The van der Waals surface area contributed by atoms with Crippen LogP contribution in [0, 0.1) is 0 Å². The van der Waals surface area contributed by atoms with E-state index in [1.165, 1.54) is 12.1 Å². The Morgan fingerprint density at radius 2 is 1.88 bits per heavy atom. The van der Waals surface area contributed by atoms with Gasteiger partial charge >= 0.3 is 6.61 Å². The molecule has 0 bridgehead atoms. The summed E-state index contributed by atoms with van der Waals surface area (Å²) < 4.78 is 29.0. The average Bonchev–Trinajstić information content (AvgIpc) is 2.62. The molecule has 1 amide bonds. The molecular formula is C18H15F2N3O3. The summed E-state index contributed by atoms with van der Waals surface area (Å²) in [5.41, 5.74) is 0.277. The summed E-state index contributed by atoms with van der Waals surface area (Å²) in [5.74, 6) is -0.489. The van der Waals surface area contributed by atoms with Crippen LogP contribution in [0.1, 0.15) is 29.0 Å². The van der Waals surface area contributed by atoms with Crippen LogP contribution in [0.5, 0.6) is 5.75 Å². The first-order valence-electron chi connectivity index (χ1n) is 7.79. The van der Waals surface area contributed by atoms with Crippen molar-refractivity contribution in [1.29, 1.82) is 0 Å². The first-order valence-corrected chi connectivity index (χ1v) is 7.79. The Balaban J connectivity index is 1.84. The number of rotatable bonds is 5. The molecule has 1 heterocycles. The number of benzene rings is 2. The highest BCUT2D eigenvalue weighted by atomic mass is 19.3. The van der Waals surface area contributed by atoms with Gasteiger partial charge in [0.1, 0.15) is 5.75 Å². The third-order valence-corrected chi connectivity index (χ3v) is 3.84. The number of hydrogen-bond acceptors (Lipinski definition) is 4. The molecule has 3 rings (SSSR count). The summed E-state index contributed by atoms with van der Waals surface area (Å²) in [7, 11) is 0. The molecule has 0 fully saturated rings. The third kappa shape index (κ3) is 3.69. The van der Waals surface area contributed by atoms with Crippen LogP contribution >= 0.6 is 0 Å². The molecular weight excluding hydrogens is 344 g/mol. The molecule has 0 radical (unpaired) electrons. The molecule has 3 aromatic rings. The van der Waals surface area contributed by atoms with Crippen molar-refractivity contribution in [2.75, 3.05) is 0 Å². The van der Waals surface area contributed by atoms with Gasteiger partial charge in [0, 0.05) is 5.39 Å². The van der Waals surface area contributed by atoms with Gasteiger partial charge in [0.25, 0.3) is 11.5 Å². The van der Waals surface area contributed by atoms with E-state index in [0.717, 1.165) is 0 Å². The Labute approximate surface area is 146 Å². The fourth-order valence-corrected chi connectivity index (χ4v) is 2.60. The van der Waals surface area contributed by atoms with E-state index in [1.807, 2.05) is 0 Å². The van der Waals surface area contributed by atoms with Crippen LogP contribution in [0.3, 0.4) is 0 Å². The van der Waals surface area contributed by atoms with E-state index in [-0.39, 0.29) is 17.0 Å². The summed E-state index contributed by atoms with van der Waals surface area (Å²) >= 11 is 0. The van der Waals surface area contributed by atoms with Crippen LogP contribution < -0.4 is 15.6 Å². The number of aromatic amines is 1. The number of H-pyrrole nitrogens is 1. The Kier molecular flexibility index (Phi) is 4.92. The SMILES string of the molecule is CC(NC(=O)c1n[nH]c(=O)c2ccccc12)c1cccc(OC(F)F)c1. The number of nitrogens with zero attached hydrogens (tertiary/aromatic N) is 1. The van der Waals surface area contributed by atoms with Crippen molar-refractivity contribution in [3.05, 3.63) is 70.1 Å². The van der Waals surface area contributed by atoms with Crippen LogP contribution in [0.15, 0.2) is 53.3 Å². The predicted octanol–water partition coefficient (Wildman–Crippen LogP) is 3.02. The minimum Gasteiger partial charge on any atom is -0.435 e. The van der Waals surface area contributed by atoms with Crippen molar-refractivity contribution in [2.24, 2.45) is 0 Å². The number of carbonyl (C=O) groups excluding carboxylic acids is 1. The quantitative estimate of drug-likeness (QED) is 0.733. The number of halogens is 2. The van der Waals surface area contributed by atoms with Crippen LogP contribution in [-0.4, -0.2) is 22.7 Å². The van der Waals surface area contributed by atoms with E-state index < -0.39 is 18.6 Å². The van der Waals surface area contributed by atoms with Gasteiger partial charge in [-0.15, -0.1) is 0 Å². The Morgan fingerprint density at radius 1 is 1.15 bits per heavy atom. The van der Waals surface area contributed by atoms with Crippen molar-refractivity contribution >= 4 is 16.7 Å². The topological polar surface area (TPSA) is 84.1 Å². The highest BCUT2D eigenvalue weighted by molar-refractivity contribution is 6.04. The number of fused-ring (bicyclic) bond motifs is 1. The lowest BCUT2D eigenvalue weighted by Crippen LogP contribution is -2.29. The molecule has 134 valence electrons. The summed E-state index contributed by atoms with van der Waals surface area (Å²) in [6.07, 6.45) is 0. The normalized spacial score (nSPS) is 12.2. The van der Waals surface area contributed by atoms with Crippen LogP contribution in [-0.2, 0) is 0 Å². The maximum Gasteiger partial charge on any atom is 0.387 e. The number of carbonyl (C=O) groups is 1.